The van der Waals surface area contributed by atoms with Crippen molar-refractivity contribution in [2.24, 2.45) is 5.73 Å². The van der Waals surface area contributed by atoms with Gasteiger partial charge >= 0.3 is 0 Å². The van der Waals surface area contributed by atoms with E-state index in [-0.39, 0.29) is 18.6 Å². The van der Waals surface area contributed by atoms with Gasteiger partial charge in [-0.2, -0.15) is 0 Å². The van der Waals surface area contributed by atoms with Crippen molar-refractivity contribution in [2.45, 2.75) is 13.0 Å². The van der Waals surface area contributed by atoms with Crippen LogP contribution in [0.4, 0.5) is 4.39 Å². The molecule has 0 aromatic heterocycles. The predicted molar refractivity (Wildman–Crippen MR) is 83.5 cm³/mol. The average molecular weight is 323 g/mol. The Morgan fingerprint density at radius 1 is 1.48 bits per heavy atom. The molecule has 6 nitrogen and oxygen atoms in total. The standard InChI is InChI=1S/C16H22FN3O3/c1-11-3-4-12(17)7-14(11)16(22)20-5-6-23-13(9-20)8-19(2)10-15(18)21/h3-4,7,13H,5-6,8-10H2,1-2H3,(H2,18,21)/t13-/m0/s1. The van der Waals surface area contributed by atoms with Crippen LogP contribution in [-0.4, -0.2) is 67.6 Å². The van der Waals surface area contributed by atoms with Gasteiger partial charge in [-0.25, -0.2) is 4.39 Å². The molecule has 2 amide bonds. The predicted octanol–water partition coefficient (Wildman–Crippen LogP) is 0.392. The van der Waals surface area contributed by atoms with Gasteiger partial charge in [0.15, 0.2) is 0 Å². The number of hydrogen-bond acceptors (Lipinski definition) is 4. The van der Waals surface area contributed by atoms with Gasteiger partial charge in [-0.05, 0) is 31.7 Å². The van der Waals surface area contributed by atoms with Gasteiger partial charge in [0.1, 0.15) is 5.82 Å². The van der Waals surface area contributed by atoms with E-state index < -0.39 is 11.7 Å². The summed E-state index contributed by atoms with van der Waals surface area (Å²) in [5.74, 6) is -1.04. The minimum Gasteiger partial charge on any atom is -0.373 e. The van der Waals surface area contributed by atoms with Gasteiger partial charge in [0.2, 0.25) is 5.91 Å². The first-order valence-electron chi connectivity index (χ1n) is 7.50. The zero-order valence-electron chi connectivity index (χ0n) is 13.4. The molecule has 1 aromatic rings. The maximum Gasteiger partial charge on any atom is 0.254 e. The first-order valence-corrected chi connectivity index (χ1v) is 7.50. The molecule has 1 aliphatic rings. The number of morpholine rings is 1. The number of nitrogens with zero attached hydrogens (tertiary/aromatic N) is 2. The lowest BCUT2D eigenvalue weighted by molar-refractivity contribution is -0.119. The summed E-state index contributed by atoms with van der Waals surface area (Å²) in [5, 5.41) is 0. The quantitative estimate of drug-likeness (QED) is 0.851. The number of nitrogens with two attached hydrogens (primary N) is 1. The number of likely N-dealkylation sites (N-methyl/N-ethyl adjacent to an activating group) is 1. The van der Waals surface area contributed by atoms with E-state index in [1.807, 2.05) is 0 Å². The molecule has 126 valence electrons. The summed E-state index contributed by atoms with van der Waals surface area (Å²) in [6.45, 7) is 3.69. The van der Waals surface area contributed by atoms with Crippen molar-refractivity contribution in [1.82, 2.24) is 9.80 Å². The Hall–Kier alpha value is -1.99. The minimum atomic E-state index is -0.426. The number of carbonyl (C=O) groups excluding carboxylic acids is 2. The van der Waals surface area contributed by atoms with Gasteiger partial charge in [0.25, 0.3) is 5.91 Å². The molecule has 7 heteroatoms. The highest BCUT2D eigenvalue weighted by atomic mass is 19.1. The highest BCUT2D eigenvalue weighted by molar-refractivity contribution is 5.95. The SMILES string of the molecule is Cc1ccc(F)cc1C(=O)N1CCO[C@@H](CN(C)CC(N)=O)C1. The van der Waals surface area contributed by atoms with E-state index in [0.717, 1.165) is 5.56 Å². The molecule has 2 N–H and O–H groups in total. The van der Waals surface area contributed by atoms with Gasteiger partial charge in [0.05, 0.1) is 19.3 Å². The Kier molecular flexibility index (Phi) is 5.68. The Morgan fingerprint density at radius 2 is 2.22 bits per heavy atom. The molecule has 1 fully saturated rings. The molecule has 1 saturated heterocycles. The van der Waals surface area contributed by atoms with Crippen molar-refractivity contribution in [3.05, 3.63) is 35.1 Å². The van der Waals surface area contributed by atoms with E-state index in [0.29, 0.717) is 31.8 Å². The number of benzene rings is 1. The molecule has 0 bridgehead atoms. The second-order valence-corrected chi connectivity index (χ2v) is 5.87. The number of primary amides is 1. The van der Waals surface area contributed by atoms with Crippen LogP contribution in [0.2, 0.25) is 0 Å². The fourth-order valence-corrected chi connectivity index (χ4v) is 2.69. The van der Waals surface area contributed by atoms with Gasteiger partial charge in [-0.1, -0.05) is 6.07 Å². The molecule has 1 heterocycles. The van der Waals surface area contributed by atoms with Crippen molar-refractivity contribution >= 4 is 11.8 Å². The van der Waals surface area contributed by atoms with Crippen LogP contribution < -0.4 is 5.73 Å². The molecule has 1 atom stereocenters. The molecule has 1 aliphatic heterocycles. The number of carbonyl (C=O) groups is 2. The molecule has 0 unspecified atom stereocenters. The third-order valence-electron chi connectivity index (χ3n) is 3.80. The molecule has 0 spiro atoms. The van der Waals surface area contributed by atoms with Crippen LogP contribution in [-0.2, 0) is 9.53 Å². The molecular weight excluding hydrogens is 301 g/mol. The van der Waals surface area contributed by atoms with Gasteiger partial charge in [0, 0.05) is 25.2 Å². The second-order valence-electron chi connectivity index (χ2n) is 5.87. The number of hydrogen-bond donors (Lipinski definition) is 1. The summed E-state index contributed by atoms with van der Waals surface area (Å²) in [6.07, 6.45) is -0.203. The largest absolute Gasteiger partial charge is 0.373 e. The van der Waals surface area contributed by atoms with Crippen LogP contribution in [0.25, 0.3) is 0 Å². The summed E-state index contributed by atoms with van der Waals surface area (Å²) in [6, 6.07) is 4.20. The first-order chi connectivity index (χ1) is 10.9. The van der Waals surface area contributed by atoms with Crippen LogP contribution in [0.3, 0.4) is 0 Å². The zero-order chi connectivity index (χ0) is 17.0. The number of rotatable bonds is 5. The smallest absolute Gasteiger partial charge is 0.254 e. The lowest BCUT2D eigenvalue weighted by Crippen LogP contribution is -2.50. The molecule has 0 aliphatic carbocycles. The summed E-state index contributed by atoms with van der Waals surface area (Å²) in [4.78, 5) is 26.9. The summed E-state index contributed by atoms with van der Waals surface area (Å²) < 4.78 is 19.0. The fourth-order valence-electron chi connectivity index (χ4n) is 2.69. The number of halogens is 1. The van der Waals surface area contributed by atoms with Crippen LogP contribution in [0, 0.1) is 12.7 Å². The van der Waals surface area contributed by atoms with E-state index in [1.54, 1.807) is 29.8 Å². The first kappa shape index (κ1) is 17.4. The lowest BCUT2D eigenvalue weighted by Gasteiger charge is -2.35. The Labute approximate surface area is 135 Å². The normalized spacial score (nSPS) is 18.3. The number of ether oxygens (including phenoxy) is 1. The molecule has 1 aromatic carbocycles. The van der Waals surface area contributed by atoms with Crippen molar-refractivity contribution < 1.29 is 18.7 Å². The van der Waals surface area contributed by atoms with E-state index in [2.05, 4.69) is 0 Å². The van der Waals surface area contributed by atoms with E-state index >= 15 is 0 Å². The van der Waals surface area contributed by atoms with E-state index in [9.17, 15) is 14.0 Å². The Morgan fingerprint density at radius 3 is 2.91 bits per heavy atom. The second kappa shape index (κ2) is 7.52. The van der Waals surface area contributed by atoms with Crippen LogP contribution >= 0.6 is 0 Å². The van der Waals surface area contributed by atoms with Gasteiger partial charge in [-0.3, -0.25) is 14.5 Å². The fraction of sp³-hybridized carbons (Fsp3) is 0.500. The van der Waals surface area contributed by atoms with E-state index in [1.165, 1.54) is 12.1 Å². The van der Waals surface area contributed by atoms with Crippen molar-refractivity contribution in [2.75, 3.05) is 39.8 Å². The van der Waals surface area contributed by atoms with Crippen LogP contribution in [0.5, 0.6) is 0 Å². The van der Waals surface area contributed by atoms with Gasteiger partial charge in [-0.15, -0.1) is 0 Å². The van der Waals surface area contributed by atoms with Gasteiger partial charge < -0.3 is 15.4 Å². The molecular formula is C16H22FN3O3. The maximum absolute atomic E-state index is 13.4. The molecule has 0 saturated carbocycles. The van der Waals surface area contributed by atoms with Crippen LogP contribution in [0.1, 0.15) is 15.9 Å². The molecule has 0 radical (unpaired) electrons. The highest BCUT2D eigenvalue weighted by Gasteiger charge is 2.27. The van der Waals surface area contributed by atoms with Crippen molar-refractivity contribution in [3.8, 4) is 0 Å². The Balaban J connectivity index is 2.01. The van der Waals surface area contributed by atoms with Crippen molar-refractivity contribution in [3.63, 3.8) is 0 Å². The molecule has 2 rings (SSSR count). The summed E-state index contributed by atoms with van der Waals surface area (Å²) >= 11 is 0. The minimum absolute atomic E-state index is 0.136. The monoisotopic (exact) mass is 323 g/mol. The lowest BCUT2D eigenvalue weighted by atomic mass is 10.1. The summed E-state index contributed by atoms with van der Waals surface area (Å²) in [5.41, 5.74) is 6.27. The van der Waals surface area contributed by atoms with E-state index in [4.69, 9.17) is 10.5 Å². The topological polar surface area (TPSA) is 75.9 Å². The zero-order valence-corrected chi connectivity index (χ0v) is 13.4. The number of aryl methyl sites for hydroxylation is 1. The van der Waals surface area contributed by atoms with Crippen LogP contribution in [0.15, 0.2) is 18.2 Å². The number of amides is 2. The molecule has 23 heavy (non-hydrogen) atoms. The Bertz CT molecular complexity index is 594. The third kappa shape index (κ3) is 4.74. The highest BCUT2D eigenvalue weighted by Crippen LogP contribution is 2.16. The summed E-state index contributed by atoms with van der Waals surface area (Å²) in [7, 11) is 1.77. The maximum atomic E-state index is 13.4. The third-order valence-corrected chi connectivity index (χ3v) is 3.80. The van der Waals surface area contributed by atoms with Crippen molar-refractivity contribution in [1.29, 1.82) is 0 Å². The average Bonchev–Trinajstić information content (AvgIpc) is 2.48.